The Bertz CT molecular complexity index is 638. The molecule has 4 aliphatic rings. The number of ketones is 1. The largest absolute Gasteiger partial charge is 0.459 e. The minimum Gasteiger partial charge on any atom is -0.459 e. The normalized spacial score (nSPS) is 48.9. The molecule has 0 spiro atoms. The first kappa shape index (κ1) is 17.3. The summed E-state index contributed by atoms with van der Waals surface area (Å²) in [5.41, 5.74) is 1.00. The lowest BCUT2D eigenvalue weighted by Gasteiger charge is -2.57. The molecule has 0 amide bonds. The van der Waals surface area contributed by atoms with Gasteiger partial charge in [0, 0.05) is 12.8 Å². The maximum Gasteiger partial charge on any atom is 0.303 e. The number of aliphatic hydroxyl groups excluding tert-OH is 1. The molecule has 0 radical (unpaired) electrons. The van der Waals surface area contributed by atoms with E-state index in [2.05, 4.69) is 13.8 Å². The highest BCUT2D eigenvalue weighted by molar-refractivity contribution is 5.94. The quantitative estimate of drug-likeness (QED) is 0.739. The molecule has 0 aliphatic heterocycles. The van der Waals surface area contributed by atoms with E-state index in [1.807, 2.05) is 0 Å². The van der Waals surface area contributed by atoms with Crippen molar-refractivity contribution in [3.05, 3.63) is 11.6 Å². The third-order valence-corrected chi connectivity index (χ3v) is 8.09. The van der Waals surface area contributed by atoms with Crippen LogP contribution in [-0.2, 0) is 14.3 Å². The van der Waals surface area contributed by atoms with Gasteiger partial charge < -0.3 is 9.84 Å². The van der Waals surface area contributed by atoms with Crippen LogP contribution in [0, 0.1) is 28.6 Å². The van der Waals surface area contributed by atoms with Gasteiger partial charge in [-0.15, -0.1) is 0 Å². The highest BCUT2D eigenvalue weighted by Gasteiger charge is 2.60. The standard InChI is InChI=1S/C21H30O4/c1-12(22)25-17-7-10-21(3)14-6-9-20(2)8-4-5-13(20)18(14)16(23)11-15(21)19(17)24/h11,13-14,17-19,24H,4-10H2,1-3H3/t13-,14-,17-,18+,19+,20+,21-/m1/s1. The van der Waals surface area contributed by atoms with Crippen molar-refractivity contribution in [3.63, 3.8) is 0 Å². The molecule has 0 saturated heterocycles. The maximum absolute atomic E-state index is 13.1. The van der Waals surface area contributed by atoms with E-state index in [0.29, 0.717) is 23.7 Å². The average Bonchev–Trinajstić information content (AvgIpc) is 2.94. The minimum atomic E-state index is -0.843. The molecule has 25 heavy (non-hydrogen) atoms. The lowest BCUT2D eigenvalue weighted by Crippen LogP contribution is -2.56. The van der Waals surface area contributed by atoms with Gasteiger partial charge in [-0.25, -0.2) is 0 Å². The maximum atomic E-state index is 13.1. The molecule has 7 atom stereocenters. The SMILES string of the molecule is CC(=O)O[C@@H]1CC[C@@]2(C)C(=CC(=O)[C@H]3[C@H]4CCC[C@@]4(C)CC[C@H]32)[C@@H]1O. The van der Waals surface area contributed by atoms with E-state index in [-0.39, 0.29) is 23.1 Å². The summed E-state index contributed by atoms with van der Waals surface area (Å²) >= 11 is 0. The van der Waals surface area contributed by atoms with Crippen LogP contribution in [0.4, 0.5) is 0 Å². The first-order chi connectivity index (χ1) is 11.8. The molecular formula is C21H30O4. The Balaban J connectivity index is 1.70. The van der Waals surface area contributed by atoms with Gasteiger partial charge in [0.2, 0.25) is 0 Å². The molecule has 3 fully saturated rings. The first-order valence-electron chi connectivity index (χ1n) is 9.87. The van der Waals surface area contributed by atoms with E-state index in [0.717, 1.165) is 18.4 Å². The fourth-order valence-electron chi connectivity index (χ4n) is 6.76. The second-order valence-corrected chi connectivity index (χ2v) is 9.37. The lowest BCUT2D eigenvalue weighted by atomic mass is 9.47. The predicted molar refractivity (Wildman–Crippen MR) is 93.7 cm³/mol. The number of carbonyl (C=O) groups is 2. The fourth-order valence-corrected chi connectivity index (χ4v) is 6.76. The molecule has 0 unspecified atom stereocenters. The van der Waals surface area contributed by atoms with Crippen molar-refractivity contribution in [2.24, 2.45) is 28.6 Å². The van der Waals surface area contributed by atoms with Gasteiger partial charge in [-0.1, -0.05) is 20.3 Å². The highest BCUT2D eigenvalue weighted by Crippen LogP contribution is 2.64. The Morgan fingerprint density at radius 2 is 1.92 bits per heavy atom. The fraction of sp³-hybridized carbons (Fsp3) is 0.810. The van der Waals surface area contributed by atoms with Gasteiger partial charge in [0.25, 0.3) is 0 Å². The third-order valence-electron chi connectivity index (χ3n) is 8.09. The van der Waals surface area contributed by atoms with Crippen molar-refractivity contribution in [1.29, 1.82) is 0 Å². The zero-order chi connectivity index (χ0) is 18.0. The van der Waals surface area contributed by atoms with Gasteiger partial charge in [-0.05, 0) is 72.8 Å². The van der Waals surface area contributed by atoms with Gasteiger partial charge >= 0.3 is 5.97 Å². The number of hydrogen-bond acceptors (Lipinski definition) is 4. The average molecular weight is 346 g/mol. The van der Waals surface area contributed by atoms with Crippen molar-refractivity contribution < 1.29 is 19.4 Å². The van der Waals surface area contributed by atoms with Crippen LogP contribution in [0.1, 0.15) is 65.7 Å². The molecule has 138 valence electrons. The summed E-state index contributed by atoms with van der Waals surface area (Å²) in [6.45, 7) is 5.98. The van der Waals surface area contributed by atoms with Crippen LogP contribution in [0.5, 0.6) is 0 Å². The number of esters is 1. The third kappa shape index (κ3) is 2.43. The minimum absolute atomic E-state index is 0.118. The van der Waals surface area contributed by atoms with E-state index in [4.69, 9.17) is 4.74 Å². The van der Waals surface area contributed by atoms with Crippen LogP contribution >= 0.6 is 0 Å². The Labute approximate surface area is 150 Å². The van der Waals surface area contributed by atoms with E-state index < -0.39 is 12.2 Å². The summed E-state index contributed by atoms with van der Waals surface area (Å²) in [5.74, 6) is 0.777. The summed E-state index contributed by atoms with van der Waals surface area (Å²) in [6.07, 6.45) is 7.85. The molecule has 0 bridgehead atoms. The molecule has 4 heteroatoms. The summed E-state index contributed by atoms with van der Waals surface area (Å²) in [4.78, 5) is 24.4. The Kier molecular flexibility index (Phi) is 3.91. The lowest BCUT2D eigenvalue weighted by molar-refractivity contribution is -0.157. The molecule has 0 aromatic rings. The Hall–Kier alpha value is -1.16. The molecule has 4 nitrogen and oxygen atoms in total. The first-order valence-corrected chi connectivity index (χ1v) is 9.87. The van der Waals surface area contributed by atoms with Crippen LogP contribution in [0.2, 0.25) is 0 Å². The zero-order valence-electron chi connectivity index (χ0n) is 15.6. The Morgan fingerprint density at radius 1 is 1.16 bits per heavy atom. The van der Waals surface area contributed by atoms with Gasteiger partial charge in [0.05, 0.1) is 0 Å². The van der Waals surface area contributed by atoms with Gasteiger partial charge in [-0.3, -0.25) is 9.59 Å². The smallest absolute Gasteiger partial charge is 0.303 e. The number of ether oxygens (including phenoxy) is 1. The molecule has 0 aromatic heterocycles. The number of carbonyl (C=O) groups excluding carboxylic acids is 2. The number of rotatable bonds is 1. The van der Waals surface area contributed by atoms with Crippen LogP contribution in [-0.4, -0.2) is 29.1 Å². The van der Waals surface area contributed by atoms with E-state index in [1.165, 1.54) is 32.6 Å². The second-order valence-electron chi connectivity index (χ2n) is 9.37. The topological polar surface area (TPSA) is 63.6 Å². The van der Waals surface area contributed by atoms with Crippen LogP contribution in [0.25, 0.3) is 0 Å². The van der Waals surface area contributed by atoms with Crippen LogP contribution in [0.3, 0.4) is 0 Å². The molecule has 4 aliphatic carbocycles. The number of allylic oxidation sites excluding steroid dienone is 1. The number of hydrogen-bond donors (Lipinski definition) is 1. The molecule has 3 saturated carbocycles. The summed E-state index contributed by atoms with van der Waals surface area (Å²) in [6, 6.07) is 0. The van der Waals surface area contributed by atoms with Crippen LogP contribution < -0.4 is 0 Å². The van der Waals surface area contributed by atoms with E-state index >= 15 is 0 Å². The summed E-state index contributed by atoms with van der Waals surface area (Å²) in [7, 11) is 0. The van der Waals surface area contributed by atoms with E-state index in [1.54, 1.807) is 6.08 Å². The van der Waals surface area contributed by atoms with E-state index in [9.17, 15) is 14.7 Å². The molecule has 4 rings (SSSR count). The van der Waals surface area contributed by atoms with Gasteiger partial charge in [0.1, 0.15) is 12.2 Å². The van der Waals surface area contributed by atoms with Crippen molar-refractivity contribution in [1.82, 2.24) is 0 Å². The van der Waals surface area contributed by atoms with Crippen molar-refractivity contribution in [3.8, 4) is 0 Å². The Morgan fingerprint density at radius 3 is 2.64 bits per heavy atom. The number of fused-ring (bicyclic) bond motifs is 5. The van der Waals surface area contributed by atoms with Gasteiger partial charge in [0.15, 0.2) is 5.78 Å². The summed E-state index contributed by atoms with van der Waals surface area (Å²) in [5, 5.41) is 10.8. The molecule has 0 heterocycles. The monoisotopic (exact) mass is 346 g/mol. The molecule has 0 aromatic carbocycles. The van der Waals surface area contributed by atoms with Crippen molar-refractivity contribution in [2.75, 3.05) is 0 Å². The predicted octanol–water partition coefficient (Wildman–Crippen LogP) is 3.42. The van der Waals surface area contributed by atoms with Crippen molar-refractivity contribution >= 4 is 11.8 Å². The van der Waals surface area contributed by atoms with Crippen molar-refractivity contribution in [2.45, 2.75) is 77.9 Å². The summed E-state index contributed by atoms with van der Waals surface area (Å²) < 4.78 is 5.31. The zero-order valence-corrected chi connectivity index (χ0v) is 15.6. The molecular weight excluding hydrogens is 316 g/mol. The highest BCUT2D eigenvalue weighted by atomic mass is 16.6. The van der Waals surface area contributed by atoms with Crippen LogP contribution in [0.15, 0.2) is 11.6 Å². The second kappa shape index (κ2) is 5.67. The van der Waals surface area contributed by atoms with Gasteiger partial charge in [-0.2, -0.15) is 0 Å². The number of aliphatic hydroxyl groups is 1. The molecule has 1 N–H and O–H groups in total.